The fourth-order valence-electron chi connectivity index (χ4n) is 1.83. The van der Waals surface area contributed by atoms with Gasteiger partial charge in [0.1, 0.15) is 0 Å². The average molecular weight is 252 g/mol. The summed E-state index contributed by atoms with van der Waals surface area (Å²) in [6, 6.07) is 4.67. The van der Waals surface area contributed by atoms with Crippen LogP contribution in [0.15, 0.2) is 12.1 Å². The molecule has 2 aromatic rings. The maximum atomic E-state index is 4.50. The van der Waals surface area contributed by atoms with Gasteiger partial charge in [-0.2, -0.15) is 0 Å². The quantitative estimate of drug-likeness (QED) is 0.905. The average Bonchev–Trinajstić information content (AvgIpc) is 2.76. The molecule has 2 nitrogen and oxygen atoms in total. The molecule has 0 aromatic carbocycles. The normalized spacial score (nSPS) is 13.0. The van der Waals surface area contributed by atoms with Gasteiger partial charge in [0.15, 0.2) is 0 Å². The van der Waals surface area contributed by atoms with Crippen LogP contribution in [0, 0.1) is 20.8 Å². The maximum absolute atomic E-state index is 4.50. The summed E-state index contributed by atoms with van der Waals surface area (Å²) in [6.45, 7) is 6.29. The van der Waals surface area contributed by atoms with Crippen LogP contribution in [0.1, 0.15) is 31.4 Å². The van der Waals surface area contributed by atoms with Gasteiger partial charge in [-0.05, 0) is 40.0 Å². The zero-order valence-corrected chi connectivity index (χ0v) is 11.6. The standard InChI is InChI=1S/C12H16N2S2/c1-7-5-6-10(15-7)11(13-4)12-8(2)14-9(3)16-12/h5-6,11,13H,1-4H3. The monoisotopic (exact) mass is 252 g/mol. The molecule has 4 heteroatoms. The van der Waals surface area contributed by atoms with E-state index in [1.165, 1.54) is 14.6 Å². The third kappa shape index (κ3) is 2.19. The molecule has 1 N–H and O–H groups in total. The Morgan fingerprint density at radius 1 is 1.19 bits per heavy atom. The Labute approximate surface area is 104 Å². The molecule has 1 atom stereocenters. The topological polar surface area (TPSA) is 24.9 Å². The third-order valence-corrected chi connectivity index (χ3v) is 4.74. The van der Waals surface area contributed by atoms with Gasteiger partial charge in [-0.1, -0.05) is 0 Å². The van der Waals surface area contributed by atoms with E-state index in [0.29, 0.717) is 6.04 Å². The second-order valence-electron chi connectivity index (χ2n) is 3.85. The number of thiazole rings is 1. The number of rotatable bonds is 3. The Hall–Kier alpha value is -0.710. The first kappa shape index (κ1) is 11.8. The van der Waals surface area contributed by atoms with E-state index in [1.807, 2.05) is 18.4 Å². The fraction of sp³-hybridized carbons (Fsp3) is 0.417. The Morgan fingerprint density at radius 3 is 2.38 bits per heavy atom. The van der Waals surface area contributed by atoms with E-state index in [9.17, 15) is 0 Å². The summed E-state index contributed by atoms with van der Waals surface area (Å²) in [5, 5.41) is 4.52. The van der Waals surface area contributed by atoms with Crippen LogP contribution in [0.5, 0.6) is 0 Å². The number of aromatic nitrogens is 1. The summed E-state index contributed by atoms with van der Waals surface area (Å²) in [5.74, 6) is 0. The van der Waals surface area contributed by atoms with Crippen molar-refractivity contribution in [3.05, 3.63) is 37.5 Å². The Morgan fingerprint density at radius 2 is 1.94 bits per heavy atom. The van der Waals surface area contributed by atoms with Crippen LogP contribution in [0.4, 0.5) is 0 Å². The van der Waals surface area contributed by atoms with Gasteiger partial charge >= 0.3 is 0 Å². The predicted octanol–water partition coefficient (Wildman–Crippen LogP) is 3.44. The molecular weight excluding hydrogens is 236 g/mol. The lowest BCUT2D eigenvalue weighted by Crippen LogP contribution is -2.16. The van der Waals surface area contributed by atoms with Gasteiger partial charge in [0.2, 0.25) is 0 Å². The number of nitrogens with zero attached hydrogens (tertiary/aromatic N) is 1. The molecule has 0 fully saturated rings. The predicted molar refractivity (Wildman–Crippen MR) is 71.5 cm³/mol. The van der Waals surface area contributed by atoms with Crippen molar-refractivity contribution < 1.29 is 0 Å². The van der Waals surface area contributed by atoms with Gasteiger partial charge in [-0.3, -0.25) is 0 Å². The molecule has 0 aliphatic carbocycles. The molecule has 0 saturated carbocycles. The molecule has 2 aromatic heterocycles. The van der Waals surface area contributed by atoms with Crippen LogP contribution in [0.2, 0.25) is 0 Å². The largest absolute Gasteiger partial charge is 0.308 e. The van der Waals surface area contributed by atoms with E-state index in [1.54, 1.807) is 11.3 Å². The third-order valence-electron chi connectivity index (χ3n) is 2.54. The van der Waals surface area contributed by atoms with E-state index in [2.05, 4.69) is 43.2 Å². The highest BCUT2D eigenvalue weighted by Gasteiger charge is 2.18. The SMILES string of the molecule is CNC(c1ccc(C)s1)c1sc(C)nc1C. The van der Waals surface area contributed by atoms with Crippen LogP contribution < -0.4 is 5.32 Å². The molecule has 2 heterocycles. The summed E-state index contributed by atoms with van der Waals surface area (Å²) in [6.07, 6.45) is 0. The lowest BCUT2D eigenvalue weighted by molar-refractivity contribution is 0.710. The van der Waals surface area contributed by atoms with Crippen molar-refractivity contribution in [1.82, 2.24) is 10.3 Å². The zero-order valence-electron chi connectivity index (χ0n) is 10.00. The molecule has 0 amide bonds. The van der Waals surface area contributed by atoms with E-state index >= 15 is 0 Å². The van der Waals surface area contributed by atoms with Crippen molar-refractivity contribution in [3.63, 3.8) is 0 Å². The van der Waals surface area contributed by atoms with Crippen LogP contribution >= 0.6 is 22.7 Å². The highest BCUT2D eigenvalue weighted by molar-refractivity contribution is 7.13. The van der Waals surface area contributed by atoms with Gasteiger partial charge in [-0.25, -0.2) is 4.98 Å². The van der Waals surface area contributed by atoms with E-state index in [4.69, 9.17) is 0 Å². The molecular formula is C12H16N2S2. The van der Waals surface area contributed by atoms with Crippen molar-refractivity contribution >= 4 is 22.7 Å². The van der Waals surface area contributed by atoms with Crippen molar-refractivity contribution in [2.75, 3.05) is 7.05 Å². The molecule has 0 spiro atoms. The fourth-order valence-corrected chi connectivity index (χ4v) is 3.95. The Kier molecular flexibility index (Phi) is 3.42. The van der Waals surface area contributed by atoms with Gasteiger partial charge in [0, 0.05) is 14.6 Å². The Bertz CT molecular complexity index is 485. The van der Waals surface area contributed by atoms with E-state index in [0.717, 1.165) is 10.7 Å². The molecule has 0 radical (unpaired) electrons. The number of thiophene rings is 1. The van der Waals surface area contributed by atoms with Gasteiger partial charge < -0.3 is 5.32 Å². The second-order valence-corrected chi connectivity index (χ2v) is 6.41. The van der Waals surface area contributed by atoms with Crippen molar-refractivity contribution in [2.45, 2.75) is 26.8 Å². The number of hydrogen-bond donors (Lipinski definition) is 1. The van der Waals surface area contributed by atoms with Crippen molar-refractivity contribution in [1.29, 1.82) is 0 Å². The van der Waals surface area contributed by atoms with Gasteiger partial charge in [0.25, 0.3) is 0 Å². The number of aryl methyl sites for hydroxylation is 3. The maximum Gasteiger partial charge on any atom is 0.0900 e. The molecule has 0 aliphatic heterocycles. The molecule has 0 aliphatic rings. The molecule has 0 saturated heterocycles. The number of nitrogens with one attached hydrogen (secondary N) is 1. The lowest BCUT2D eigenvalue weighted by atomic mass is 10.2. The molecule has 86 valence electrons. The van der Waals surface area contributed by atoms with Crippen LogP contribution in [-0.4, -0.2) is 12.0 Å². The molecule has 0 bridgehead atoms. The summed E-state index contributed by atoms with van der Waals surface area (Å²) in [5.41, 5.74) is 1.15. The summed E-state index contributed by atoms with van der Waals surface area (Å²) >= 11 is 3.63. The summed E-state index contributed by atoms with van der Waals surface area (Å²) < 4.78 is 0. The van der Waals surface area contributed by atoms with Crippen molar-refractivity contribution in [2.24, 2.45) is 0 Å². The number of hydrogen-bond acceptors (Lipinski definition) is 4. The summed E-state index contributed by atoms with van der Waals surface area (Å²) in [4.78, 5) is 8.55. The van der Waals surface area contributed by atoms with Crippen LogP contribution in [0.25, 0.3) is 0 Å². The zero-order chi connectivity index (χ0) is 11.7. The smallest absolute Gasteiger partial charge is 0.0900 e. The minimum atomic E-state index is 0.296. The molecule has 16 heavy (non-hydrogen) atoms. The Balaban J connectivity index is 2.40. The molecule has 2 rings (SSSR count). The highest BCUT2D eigenvalue weighted by Crippen LogP contribution is 2.33. The van der Waals surface area contributed by atoms with Crippen molar-refractivity contribution in [3.8, 4) is 0 Å². The van der Waals surface area contributed by atoms with Crippen LogP contribution in [-0.2, 0) is 0 Å². The first-order chi connectivity index (χ1) is 7.61. The van der Waals surface area contributed by atoms with Gasteiger partial charge in [-0.15, -0.1) is 22.7 Å². The first-order valence-corrected chi connectivity index (χ1v) is 6.92. The second kappa shape index (κ2) is 4.65. The van der Waals surface area contributed by atoms with Crippen LogP contribution in [0.3, 0.4) is 0 Å². The highest BCUT2D eigenvalue weighted by atomic mass is 32.1. The minimum Gasteiger partial charge on any atom is -0.308 e. The molecule has 1 unspecified atom stereocenters. The summed E-state index contributed by atoms with van der Waals surface area (Å²) in [7, 11) is 2.01. The van der Waals surface area contributed by atoms with Gasteiger partial charge in [0.05, 0.1) is 16.7 Å². The first-order valence-electron chi connectivity index (χ1n) is 5.29. The minimum absolute atomic E-state index is 0.296. The lowest BCUT2D eigenvalue weighted by Gasteiger charge is -2.13. The van der Waals surface area contributed by atoms with E-state index in [-0.39, 0.29) is 0 Å². The van der Waals surface area contributed by atoms with E-state index < -0.39 is 0 Å².